The van der Waals surface area contributed by atoms with Gasteiger partial charge in [0.1, 0.15) is 0 Å². The molecule has 3 rings (SSSR count). The molecule has 6 nitrogen and oxygen atoms in total. The van der Waals surface area contributed by atoms with Gasteiger partial charge in [-0.15, -0.1) is 0 Å². The Labute approximate surface area is 243 Å². The summed E-state index contributed by atoms with van der Waals surface area (Å²) in [4.78, 5) is 5.03. The van der Waals surface area contributed by atoms with Crippen LogP contribution >= 0.6 is 0 Å². The lowest BCUT2D eigenvalue weighted by Gasteiger charge is -2.25. The third-order valence-corrected chi connectivity index (χ3v) is 7.48. The van der Waals surface area contributed by atoms with Gasteiger partial charge in [-0.05, 0) is 61.7 Å². The van der Waals surface area contributed by atoms with Crippen LogP contribution in [-0.4, -0.2) is 88.8 Å². The maximum atomic E-state index is 6.02. The molecule has 2 atom stereocenters. The van der Waals surface area contributed by atoms with Gasteiger partial charge in [0.15, 0.2) is 0 Å². The number of hydrogen-bond acceptors (Lipinski definition) is 6. The Hall–Kier alpha value is -1.80. The fraction of sp³-hybridized carbons (Fsp3) is 0.647. The molecule has 2 aromatic carbocycles. The van der Waals surface area contributed by atoms with Crippen LogP contribution in [0.2, 0.25) is 0 Å². The van der Waals surface area contributed by atoms with E-state index in [9.17, 15) is 0 Å². The van der Waals surface area contributed by atoms with E-state index in [4.69, 9.17) is 18.9 Å². The van der Waals surface area contributed by atoms with Crippen molar-refractivity contribution in [3.05, 3.63) is 71.8 Å². The first-order chi connectivity index (χ1) is 19.7. The molecule has 0 saturated carbocycles. The van der Waals surface area contributed by atoms with Crippen molar-refractivity contribution in [1.82, 2.24) is 9.80 Å². The minimum Gasteiger partial charge on any atom is -0.380 e. The molecule has 0 radical (unpaired) electrons. The second kappa shape index (κ2) is 21.0. The first kappa shape index (κ1) is 32.7. The molecule has 0 bridgehead atoms. The molecule has 0 amide bonds. The third-order valence-electron chi connectivity index (χ3n) is 7.48. The predicted molar refractivity (Wildman–Crippen MR) is 164 cm³/mol. The van der Waals surface area contributed by atoms with Crippen molar-refractivity contribution < 1.29 is 18.9 Å². The summed E-state index contributed by atoms with van der Waals surface area (Å²) < 4.78 is 24.0. The SMILES string of the molecule is CC1CCN(Cc2ccccc2)CCOCCCCOCCN(Cc2ccccc2)CCC(C)COCCOC1. The maximum Gasteiger partial charge on any atom is 0.0700 e. The van der Waals surface area contributed by atoms with Gasteiger partial charge in [0.2, 0.25) is 0 Å². The molecule has 1 aliphatic heterocycles. The van der Waals surface area contributed by atoms with Crippen LogP contribution in [0.25, 0.3) is 0 Å². The summed E-state index contributed by atoms with van der Waals surface area (Å²) in [6.07, 6.45) is 4.31. The average Bonchev–Trinajstić information content (AvgIpc) is 2.97. The van der Waals surface area contributed by atoms with Crippen molar-refractivity contribution in [2.24, 2.45) is 11.8 Å². The van der Waals surface area contributed by atoms with Gasteiger partial charge < -0.3 is 18.9 Å². The van der Waals surface area contributed by atoms with Crippen molar-refractivity contribution in [2.45, 2.75) is 52.6 Å². The standard InChI is InChI=1S/C34H54N2O4/c1-31-15-17-35(27-33-11-5-3-6-12-33)19-23-37-21-9-10-22-38-24-20-36(28-34-13-7-4-8-14-34)18-16-32(2)30-40-26-25-39-29-31/h3-8,11-14,31-32H,9-10,15-30H2,1-2H3. The minimum atomic E-state index is 0.513. The van der Waals surface area contributed by atoms with Crippen LogP contribution in [0.4, 0.5) is 0 Å². The molecule has 0 N–H and O–H groups in total. The van der Waals surface area contributed by atoms with Gasteiger partial charge in [-0.2, -0.15) is 0 Å². The van der Waals surface area contributed by atoms with E-state index in [1.54, 1.807) is 0 Å². The lowest BCUT2D eigenvalue weighted by Crippen LogP contribution is -2.30. The van der Waals surface area contributed by atoms with E-state index < -0.39 is 0 Å². The van der Waals surface area contributed by atoms with Crippen molar-refractivity contribution in [3.63, 3.8) is 0 Å². The lowest BCUT2D eigenvalue weighted by atomic mass is 10.1. The molecule has 1 heterocycles. The molecule has 224 valence electrons. The first-order valence-electron chi connectivity index (χ1n) is 15.5. The largest absolute Gasteiger partial charge is 0.380 e. The summed E-state index contributed by atoms with van der Waals surface area (Å²) in [6.45, 7) is 16.5. The Morgan fingerprint density at radius 3 is 1.38 bits per heavy atom. The normalized spacial score (nSPS) is 23.8. The Balaban J connectivity index is 1.46. The van der Waals surface area contributed by atoms with E-state index in [-0.39, 0.29) is 0 Å². The molecular weight excluding hydrogens is 500 g/mol. The second-order valence-corrected chi connectivity index (χ2v) is 11.4. The zero-order valence-electron chi connectivity index (χ0n) is 25.2. The topological polar surface area (TPSA) is 43.4 Å². The molecule has 1 aliphatic rings. The molecule has 6 heteroatoms. The van der Waals surface area contributed by atoms with Crippen LogP contribution in [0.5, 0.6) is 0 Å². The van der Waals surface area contributed by atoms with Crippen LogP contribution in [0.1, 0.15) is 50.7 Å². The van der Waals surface area contributed by atoms with Crippen molar-refractivity contribution >= 4 is 0 Å². The Bertz CT molecular complexity index is 782. The smallest absolute Gasteiger partial charge is 0.0700 e. The molecule has 40 heavy (non-hydrogen) atoms. The zero-order chi connectivity index (χ0) is 28.1. The lowest BCUT2D eigenvalue weighted by molar-refractivity contribution is 0.0201. The van der Waals surface area contributed by atoms with E-state index in [2.05, 4.69) is 84.3 Å². The van der Waals surface area contributed by atoms with Crippen molar-refractivity contribution in [2.75, 3.05) is 79.0 Å². The quantitative estimate of drug-likeness (QED) is 0.469. The summed E-state index contributed by atoms with van der Waals surface area (Å²) in [7, 11) is 0. The van der Waals surface area contributed by atoms with Crippen molar-refractivity contribution in [1.29, 1.82) is 0 Å². The van der Waals surface area contributed by atoms with E-state index in [1.807, 2.05) is 0 Å². The fourth-order valence-corrected chi connectivity index (χ4v) is 4.88. The molecule has 0 aliphatic carbocycles. The molecule has 0 spiro atoms. The van der Waals surface area contributed by atoms with Crippen LogP contribution in [0.15, 0.2) is 60.7 Å². The van der Waals surface area contributed by atoms with Crippen LogP contribution < -0.4 is 0 Å². The summed E-state index contributed by atoms with van der Waals surface area (Å²) in [6, 6.07) is 21.5. The summed E-state index contributed by atoms with van der Waals surface area (Å²) >= 11 is 0. The molecule has 2 aromatic rings. The number of ether oxygens (including phenoxy) is 4. The van der Waals surface area contributed by atoms with E-state index in [0.29, 0.717) is 25.0 Å². The summed E-state index contributed by atoms with van der Waals surface area (Å²) in [5.74, 6) is 1.03. The monoisotopic (exact) mass is 554 g/mol. The zero-order valence-corrected chi connectivity index (χ0v) is 25.2. The molecule has 1 fully saturated rings. The highest BCUT2D eigenvalue weighted by Gasteiger charge is 2.12. The Morgan fingerprint density at radius 2 is 0.950 bits per heavy atom. The van der Waals surface area contributed by atoms with Crippen LogP contribution in [0, 0.1) is 11.8 Å². The van der Waals surface area contributed by atoms with Crippen molar-refractivity contribution in [3.8, 4) is 0 Å². The van der Waals surface area contributed by atoms with Gasteiger partial charge in [-0.3, -0.25) is 9.80 Å². The van der Waals surface area contributed by atoms with E-state index >= 15 is 0 Å². The van der Waals surface area contributed by atoms with Crippen LogP contribution in [-0.2, 0) is 32.0 Å². The Kier molecular flexibility index (Phi) is 17.2. The molecule has 0 aromatic heterocycles. The van der Waals surface area contributed by atoms with Gasteiger partial charge in [-0.25, -0.2) is 0 Å². The number of benzene rings is 2. The molecular formula is C34H54N2O4. The first-order valence-corrected chi connectivity index (χ1v) is 15.5. The van der Waals surface area contributed by atoms with Gasteiger partial charge >= 0.3 is 0 Å². The van der Waals surface area contributed by atoms with E-state index in [0.717, 1.165) is 105 Å². The highest BCUT2D eigenvalue weighted by molar-refractivity contribution is 5.15. The van der Waals surface area contributed by atoms with E-state index in [1.165, 1.54) is 11.1 Å². The highest BCUT2D eigenvalue weighted by atomic mass is 16.5. The van der Waals surface area contributed by atoms with Gasteiger partial charge in [0, 0.05) is 52.6 Å². The second-order valence-electron chi connectivity index (χ2n) is 11.4. The number of nitrogens with zero attached hydrogens (tertiary/aromatic N) is 2. The van der Waals surface area contributed by atoms with Gasteiger partial charge in [0.05, 0.1) is 26.4 Å². The number of rotatable bonds is 4. The molecule has 2 unspecified atom stereocenters. The summed E-state index contributed by atoms with van der Waals surface area (Å²) in [5, 5.41) is 0. The third kappa shape index (κ3) is 15.3. The Morgan fingerprint density at radius 1 is 0.525 bits per heavy atom. The van der Waals surface area contributed by atoms with Gasteiger partial charge in [0.25, 0.3) is 0 Å². The highest BCUT2D eigenvalue weighted by Crippen LogP contribution is 2.11. The molecule has 1 saturated heterocycles. The van der Waals surface area contributed by atoms with Gasteiger partial charge in [-0.1, -0.05) is 74.5 Å². The van der Waals surface area contributed by atoms with Crippen LogP contribution in [0.3, 0.4) is 0 Å². The minimum absolute atomic E-state index is 0.513. The average molecular weight is 555 g/mol. The number of hydrogen-bond donors (Lipinski definition) is 0. The fourth-order valence-electron chi connectivity index (χ4n) is 4.88. The predicted octanol–water partition coefficient (Wildman–Crippen LogP) is 5.90. The summed E-state index contributed by atoms with van der Waals surface area (Å²) in [5.41, 5.74) is 2.70. The maximum absolute atomic E-state index is 6.02.